The van der Waals surface area contributed by atoms with Gasteiger partial charge >= 0.3 is 0 Å². The van der Waals surface area contributed by atoms with E-state index in [1.54, 1.807) is 11.1 Å². The zero-order valence-electron chi connectivity index (χ0n) is 15.5. The van der Waals surface area contributed by atoms with Crippen LogP contribution in [0.3, 0.4) is 0 Å². The summed E-state index contributed by atoms with van der Waals surface area (Å²) < 4.78 is 0. The molecule has 0 aliphatic carbocycles. The Hall–Kier alpha value is -0.780. The number of benzene rings is 1. The summed E-state index contributed by atoms with van der Waals surface area (Å²) in [5.74, 6) is 1.74. The molecule has 0 radical (unpaired) electrons. The van der Waals surface area contributed by atoms with Gasteiger partial charge < -0.3 is 0 Å². The quantitative estimate of drug-likeness (QED) is 0.383. The van der Waals surface area contributed by atoms with Crippen molar-refractivity contribution in [2.45, 2.75) is 91.9 Å². The molecule has 126 valence electrons. The van der Waals surface area contributed by atoms with Crippen molar-refractivity contribution in [1.29, 1.82) is 0 Å². The van der Waals surface area contributed by atoms with Crippen molar-refractivity contribution in [2.75, 3.05) is 0 Å². The van der Waals surface area contributed by atoms with Gasteiger partial charge in [0.15, 0.2) is 0 Å². The fourth-order valence-electron chi connectivity index (χ4n) is 3.44. The topological polar surface area (TPSA) is 0 Å². The summed E-state index contributed by atoms with van der Waals surface area (Å²) >= 11 is 0. The van der Waals surface area contributed by atoms with Crippen molar-refractivity contribution in [3.05, 3.63) is 35.4 Å². The first-order chi connectivity index (χ1) is 10.7. The molecule has 0 N–H and O–H groups in total. The van der Waals surface area contributed by atoms with E-state index in [9.17, 15) is 0 Å². The lowest BCUT2D eigenvalue weighted by Crippen LogP contribution is -2.06. The summed E-state index contributed by atoms with van der Waals surface area (Å²) in [6.07, 6.45) is 13.4. The predicted octanol–water partition coefficient (Wildman–Crippen LogP) is 7.20. The van der Waals surface area contributed by atoms with Crippen molar-refractivity contribution in [2.24, 2.45) is 11.8 Å². The van der Waals surface area contributed by atoms with E-state index in [0.717, 1.165) is 11.8 Å². The molecule has 0 nitrogen and oxygen atoms in total. The lowest BCUT2D eigenvalue weighted by molar-refractivity contribution is 0.444. The third-order valence-electron chi connectivity index (χ3n) is 5.13. The third kappa shape index (κ3) is 7.47. The molecule has 0 aliphatic heterocycles. The largest absolute Gasteiger partial charge is 0.0654 e. The van der Waals surface area contributed by atoms with Crippen LogP contribution in [0.4, 0.5) is 0 Å². The van der Waals surface area contributed by atoms with Crippen LogP contribution in [0.1, 0.15) is 90.2 Å². The molecule has 2 atom stereocenters. The second kappa shape index (κ2) is 11.7. The van der Waals surface area contributed by atoms with E-state index in [4.69, 9.17) is 0 Å². The highest BCUT2D eigenvalue weighted by atomic mass is 14.2. The number of hydrogen-bond donors (Lipinski definition) is 0. The van der Waals surface area contributed by atoms with Gasteiger partial charge in [0.25, 0.3) is 0 Å². The lowest BCUT2D eigenvalue weighted by atomic mass is 9.88. The Balaban J connectivity index is 2.60. The van der Waals surface area contributed by atoms with Crippen LogP contribution in [-0.2, 0) is 12.8 Å². The Morgan fingerprint density at radius 2 is 1.18 bits per heavy atom. The molecule has 0 spiro atoms. The molecule has 1 aromatic carbocycles. The van der Waals surface area contributed by atoms with Gasteiger partial charge in [-0.15, -0.1) is 0 Å². The van der Waals surface area contributed by atoms with Crippen molar-refractivity contribution < 1.29 is 0 Å². The molecule has 0 amide bonds. The van der Waals surface area contributed by atoms with Crippen molar-refractivity contribution in [1.82, 2.24) is 0 Å². The minimum Gasteiger partial charge on any atom is -0.0654 e. The molecule has 0 heterocycles. The van der Waals surface area contributed by atoms with Crippen molar-refractivity contribution in [3.8, 4) is 0 Å². The molecule has 22 heavy (non-hydrogen) atoms. The Labute approximate surface area is 139 Å². The van der Waals surface area contributed by atoms with Crippen LogP contribution in [0.25, 0.3) is 0 Å². The summed E-state index contributed by atoms with van der Waals surface area (Å²) in [5.41, 5.74) is 3.12. The summed E-state index contributed by atoms with van der Waals surface area (Å²) in [7, 11) is 0. The van der Waals surface area contributed by atoms with E-state index in [0.29, 0.717) is 0 Å². The first-order valence-electron chi connectivity index (χ1n) is 9.81. The smallest absolute Gasteiger partial charge is 0.0250 e. The van der Waals surface area contributed by atoms with Gasteiger partial charge in [-0.2, -0.15) is 0 Å². The van der Waals surface area contributed by atoms with E-state index in [1.165, 1.54) is 64.2 Å². The highest BCUT2D eigenvalue weighted by Crippen LogP contribution is 2.22. The van der Waals surface area contributed by atoms with Crippen LogP contribution in [-0.4, -0.2) is 0 Å². The fourth-order valence-corrected chi connectivity index (χ4v) is 3.44. The molecular formula is C22H38. The van der Waals surface area contributed by atoms with E-state index in [1.807, 2.05) is 0 Å². The van der Waals surface area contributed by atoms with Gasteiger partial charge in [0, 0.05) is 0 Å². The first-order valence-corrected chi connectivity index (χ1v) is 9.81. The molecule has 1 rings (SSSR count). The van der Waals surface area contributed by atoms with Gasteiger partial charge in [0.2, 0.25) is 0 Å². The van der Waals surface area contributed by atoms with Crippen LogP contribution in [0.15, 0.2) is 24.3 Å². The van der Waals surface area contributed by atoms with E-state index < -0.39 is 0 Å². The second-order valence-corrected chi connectivity index (χ2v) is 7.06. The Bertz CT molecular complexity index is 346. The first kappa shape index (κ1) is 19.3. The molecule has 0 fully saturated rings. The average molecular weight is 303 g/mol. The standard InChI is InChI=1S/C22H38/c1-5-9-12-19(7-3)16-21-14-11-15-22(18-21)17-20(8-4)13-10-6-2/h11,14-15,18-20H,5-10,12-13,16-17H2,1-4H3. The molecule has 0 saturated heterocycles. The minimum atomic E-state index is 0.872. The van der Waals surface area contributed by atoms with E-state index in [-0.39, 0.29) is 0 Å². The molecule has 0 saturated carbocycles. The molecule has 0 bridgehead atoms. The second-order valence-electron chi connectivity index (χ2n) is 7.06. The van der Waals surface area contributed by atoms with Gasteiger partial charge in [-0.3, -0.25) is 0 Å². The zero-order valence-corrected chi connectivity index (χ0v) is 15.5. The minimum absolute atomic E-state index is 0.872. The zero-order chi connectivity index (χ0) is 16.2. The average Bonchev–Trinajstić information content (AvgIpc) is 2.55. The maximum absolute atomic E-state index is 2.49. The van der Waals surface area contributed by atoms with Gasteiger partial charge in [0.1, 0.15) is 0 Å². The lowest BCUT2D eigenvalue weighted by Gasteiger charge is -2.17. The summed E-state index contributed by atoms with van der Waals surface area (Å²) in [6, 6.07) is 9.45. The van der Waals surface area contributed by atoms with Crippen LogP contribution >= 0.6 is 0 Å². The Kier molecular flexibility index (Phi) is 10.3. The van der Waals surface area contributed by atoms with Gasteiger partial charge in [-0.25, -0.2) is 0 Å². The third-order valence-corrected chi connectivity index (χ3v) is 5.13. The number of unbranched alkanes of at least 4 members (excludes halogenated alkanes) is 2. The monoisotopic (exact) mass is 302 g/mol. The Morgan fingerprint density at radius 3 is 1.55 bits per heavy atom. The number of rotatable bonds is 12. The van der Waals surface area contributed by atoms with E-state index >= 15 is 0 Å². The SMILES string of the molecule is CCCCC(CC)Cc1cccc(CC(CC)CCCC)c1. The molecule has 2 unspecified atom stereocenters. The van der Waals surface area contributed by atoms with Gasteiger partial charge in [-0.1, -0.05) is 103 Å². The molecule has 0 aliphatic rings. The number of hydrogen-bond acceptors (Lipinski definition) is 0. The van der Waals surface area contributed by atoms with Crippen LogP contribution in [0, 0.1) is 11.8 Å². The normalized spacial score (nSPS) is 14.0. The highest BCUT2D eigenvalue weighted by molar-refractivity contribution is 5.24. The molecule has 0 heteroatoms. The van der Waals surface area contributed by atoms with Crippen molar-refractivity contribution in [3.63, 3.8) is 0 Å². The highest BCUT2D eigenvalue weighted by Gasteiger charge is 2.10. The Morgan fingerprint density at radius 1 is 0.727 bits per heavy atom. The van der Waals surface area contributed by atoms with Gasteiger partial charge in [0.05, 0.1) is 0 Å². The summed E-state index contributed by atoms with van der Waals surface area (Å²) in [5, 5.41) is 0. The van der Waals surface area contributed by atoms with Crippen LogP contribution in [0.5, 0.6) is 0 Å². The van der Waals surface area contributed by atoms with Crippen molar-refractivity contribution >= 4 is 0 Å². The summed E-state index contributed by atoms with van der Waals surface area (Å²) in [6.45, 7) is 9.30. The molecule has 0 aromatic heterocycles. The molecule has 1 aromatic rings. The van der Waals surface area contributed by atoms with Gasteiger partial charge in [-0.05, 0) is 35.8 Å². The summed E-state index contributed by atoms with van der Waals surface area (Å²) in [4.78, 5) is 0. The molecular weight excluding hydrogens is 264 g/mol. The fraction of sp³-hybridized carbons (Fsp3) is 0.727. The maximum atomic E-state index is 2.49. The van der Waals surface area contributed by atoms with E-state index in [2.05, 4.69) is 52.0 Å². The predicted molar refractivity (Wildman–Crippen MR) is 100 cm³/mol. The van der Waals surface area contributed by atoms with Crippen LogP contribution < -0.4 is 0 Å². The maximum Gasteiger partial charge on any atom is -0.0250 e. The van der Waals surface area contributed by atoms with Crippen LogP contribution in [0.2, 0.25) is 0 Å².